The first-order valence-electron chi connectivity index (χ1n) is 8.83. The second-order valence-corrected chi connectivity index (χ2v) is 7.22. The quantitative estimate of drug-likeness (QED) is 0.426. The van der Waals surface area contributed by atoms with Crippen LogP contribution in [0.15, 0.2) is 65.3 Å². The second kappa shape index (κ2) is 7.56. The van der Waals surface area contributed by atoms with E-state index in [2.05, 4.69) is 32.6 Å². The van der Waals surface area contributed by atoms with Crippen LogP contribution in [0.4, 0.5) is 11.4 Å². The summed E-state index contributed by atoms with van der Waals surface area (Å²) in [7, 11) is 3.33. The van der Waals surface area contributed by atoms with E-state index in [1.165, 1.54) is 0 Å². The van der Waals surface area contributed by atoms with Crippen LogP contribution in [0.1, 0.15) is 5.69 Å². The maximum Gasteiger partial charge on any atom is 0.161 e. The van der Waals surface area contributed by atoms with Gasteiger partial charge in [-0.05, 0) is 59.3 Å². The number of imidazole rings is 1. The maximum atomic E-state index is 5.39. The van der Waals surface area contributed by atoms with E-state index >= 15 is 0 Å². The number of fused-ring (bicyclic) bond motifs is 1. The normalized spacial score (nSPS) is 10.9. The molecule has 142 valence electrons. The molecule has 2 aromatic carbocycles. The molecule has 0 aliphatic heterocycles. The fraction of sp³-hybridized carbons (Fsp3) is 0.136. The molecule has 0 spiro atoms. The number of anilines is 2. The Kier molecular flexibility index (Phi) is 4.96. The Bertz CT molecular complexity index is 1150. The standard InChI is InChI=1S/C22H20BrN3O2/c1-14-21(15-6-4-7-17(12-15)27-2)25-22-19(8-5-11-26(14)22)24-16-9-10-18(23)20(13-16)28-3/h4-13,24H,1-3H3. The van der Waals surface area contributed by atoms with E-state index in [9.17, 15) is 0 Å². The highest BCUT2D eigenvalue weighted by Crippen LogP contribution is 2.32. The van der Waals surface area contributed by atoms with Crippen LogP contribution in [-0.2, 0) is 0 Å². The first-order valence-corrected chi connectivity index (χ1v) is 9.62. The van der Waals surface area contributed by atoms with Gasteiger partial charge in [0.15, 0.2) is 5.65 Å². The molecule has 6 heteroatoms. The van der Waals surface area contributed by atoms with Crippen molar-refractivity contribution in [3.63, 3.8) is 0 Å². The largest absolute Gasteiger partial charge is 0.497 e. The van der Waals surface area contributed by atoms with Gasteiger partial charge in [0.05, 0.1) is 30.1 Å². The van der Waals surface area contributed by atoms with Crippen LogP contribution in [-0.4, -0.2) is 23.6 Å². The molecule has 0 saturated heterocycles. The van der Waals surface area contributed by atoms with Gasteiger partial charge in [-0.1, -0.05) is 12.1 Å². The van der Waals surface area contributed by atoms with Gasteiger partial charge in [-0.15, -0.1) is 0 Å². The molecule has 0 unspecified atom stereocenters. The van der Waals surface area contributed by atoms with Crippen molar-refractivity contribution in [3.8, 4) is 22.8 Å². The summed E-state index contributed by atoms with van der Waals surface area (Å²) < 4.78 is 13.8. The van der Waals surface area contributed by atoms with Crippen molar-refractivity contribution >= 4 is 33.0 Å². The number of rotatable bonds is 5. The SMILES string of the molecule is COc1cccc(-c2nc3c(Nc4ccc(Br)c(OC)c4)cccn3c2C)c1. The summed E-state index contributed by atoms with van der Waals surface area (Å²) >= 11 is 3.49. The summed E-state index contributed by atoms with van der Waals surface area (Å²) in [5, 5.41) is 3.45. The summed E-state index contributed by atoms with van der Waals surface area (Å²) in [4.78, 5) is 4.92. The summed E-state index contributed by atoms with van der Waals surface area (Å²) in [5.41, 5.74) is 5.74. The van der Waals surface area contributed by atoms with Crippen LogP contribution in [0.3, 0.4) is 0 Å². The minimum atomic E-state index is 0.772. The Morgan fingerprint density at radius 3 is 2.64 bits per heavy atom. The molecule has 1 N–H and O–H groups in total. The number of ether oxygens (including phenoxy) is 2. The minimum absolute atomic E-state index is 0.772. The lowest BCUT2D eigenvalue weighted by Crippen LogP contribution is -1.96. The first-order chi connectivity index (χ1) is 13.6. The third kappa shape index (κ3) is 3.31. The van der Waals surface area contributed by atoms with Gasteiger partial charge in [-0.2, -0.15) is 0 Å². The average Bonchev–Trinajstić information content (AvgIpc) is 3.07. The van der Waals surface area contributed by atoms with E-state index in [0.29, 0.717) is 0 Å². The number of nitrogens with one attached hydrogen (secondary N) is 1. The van der Waals surface area contributed by atoms with Gasteiger partial charge in [0.25, 0.3) is 0 Å². The molecule has 2 heterocycles. The van der Waals surface area contributed by atoms with Gasteiger partial charge < -0.3 is 19.2 Å². The number of hydrogen-bond donors (Lipinski definition) is 1. The summed E-state index contributed by atoms with van der Waals surface area (Å²) in [6.45, 7) is 2.07. The Labute approximate surface area is 172 Å². The molecule has 0 atom stereocenters. The zero-order chi connectivity index (χ0) is 19.7. The van der Waals surface area contributed by atoms with Crippen LogP contribution < -0.4 is 14.8 Å². The van der Waals surface area contributed by atoms with E-state index in [1.807, 2.05) is 60.8 Å². The smallest absolute Gasteiger partial charge is 0.161 e. The molecule has 0 amide bonds. The molecule has 0 aliphatic rings. The summed E-state index contributed by atoms with van der Waals surface area (Å²) in [5.74, 6) is 1.59. The zero-order valence-electron chi connectivity index (χ0n) is 15.9. The third-order valence-electron chi connectivity index (χ3n) is 4.66. The fourth-order valence-electron chi connectivity index (χ4n) is 3.22. The molecule has 2 aromatic heterocycles. The number of halogens is 1. The van der Waals surface area contributed by atoms with Gasteiger partial charge in [-0.3, -0.25) is 0 Å². The number of aromatic nitrogens is 2. The second-order valence-electron chi connectivity index (χ2n) is 6.37. The van der Waals surface area contributed by atoms with Gasteiger partial charge in [0.2, 0.25) is 0 Å². The number of pyridine rings is 1. The average molecular weight is 438 g/mol. The molecule has 0 radical (unpaired) electrons. The molecular weight excluding hydrogens is 418 g/mol. The van der Waals surface area contributed by atoms with Crippen LogP contribution >= 0.6 is 15.9 Å². The van der Waals surface area contributed by atoms with Gasteiger partial charge >= 0.3 is 0 Å². The Morgan fingerprint density at radius 1 is 1.00 bits per heavy atom. The van der Waals surface area contributed by atoms with Crippen molar-refractivity contribution in [2.24, 2.45) is 0 Å². The zero-order valence-corrected chi connectivity index (χ0v) is 17.4. The molecule has 0 bridgehead atoms. The number of nitrogens with zero attached hydrogens (tertiary/aromatic N) is 2. The summed E-state index contributed by atoms with van der Waals surface area (Å²) in [6.07, 6.45) is 2.02. The van der Waals surface area contributed by atoms with Crippen molar-refractivity contribution in [1.82, 2.24) is 9.38 Å². The van der Waals surface area contributed by atoms with Crippen LogP contribution in [0.2, 0.25) is 0 Å². The lowest BCUT2D eigenvalue weighted by atomic mass is 10.1. The summed E-state index contributed by atoms with van der Waals surface area (Å²) in [6, 6.07) is 17.9. The van der Waals surface area contributed by atoms with E-state index in [1.54, 1.807) is 14.2 Å². The number of methoxy groups -OCH3 is 2. The van der Waals surface area contributed by atoms with Crippen molar-refractivity contribution in [3.05, 3.63) is 71.0 Å². The number of benzene rings is 2. The van der Waals surface area contributed by atoms with E-state index in [0.717, 1.165) is 49.9 Å². The topological polar surface area (TPSA) is 47.8 Å². The number of hydrogen-bond acceptors (Lipinski definition) is 4. The highest BCUT2D eigenvalue weighted by molar-refractivity contribution is 9.10. The van der Waals surface area contributed by atoms with E-state index < -0.39 is 0 Å². The molecule has 0 fully saturated rings. The van der Waals surface area contributed by atoms with Crippen molar-refractivity contribution < 1.29 is 9.47 Å². The lowest BCUT2D eigenvalue weighted by molar-refractivity contribution is 0.412. The Hall–Kier alpha value is -2.99. The van der Waals surface area contributed by atoms with E-state index in [4.69, 9.17) is 14.5 Å². The minimum Gasteiger partial charge on any atom is -0.497 e. The van der Waals surface area contributed by atoms with Gasteiger partial charge in [0.1, 0.15) is 11.5 Å². The molecule has 4 aromatic rings. The van der Waals surface area contributed by atoms with Crippen molar-refractivity contribution in [2.75, 3.05) is 19.5 Å². The van der Waals surface area contributed by atoms with Gasteiger partial charge in [-0.25, -0.2) is 4.98 Å². The molecular formula is C22H20BrN3O2. The first kappa shape index (κ1) is 18.4. The predicted molar refractivity (Wildman–Crippen MR) is 116 cm³/mol. The van der Waals surface area contributed by atoms with Crippen LogP contribution in [0, 0.1) is 6.92 Å². The predicted octanol–water partition coefficient (Wildman–Crippen LogP) is 5.83. The molecule has 0 saturated carbocycles. The Morgan fingerprint density at radius 2 is 1.86 bits per heavy atom. The Balaban J connectivity index is 1.78. The van der Waals surface area contributed by atoms with Gasteiger partial charge in [0, 0.05) is 29.2 Å². The van der Waals surface area contributed by atoms with Crippen molar-refractivity contribution in [2.45, 2.75) is 6.92 Å². The highest BCUT2D eigenvalue weighted by atomic mass is 79.9. The fourth-order valence-corrected chi connectivity index (χ4v) is 3.63. The van der Waals surface area contributed by atoms with Crippen molar-refractivity contribution in [1.29, 1.82) is 0 Å². The third-order valence-corrected chi connectivity index (χ3v) is 5.32. The van der Waals surface area contributed by atoms with Crippen LogP contribution in [0.5, 0.6) is 11.5 Å². The maximum absolute atomic E-state index is 5.39. The highest BCUT2D eigenvalue weighted by Gasteiger charge is 2.14. The molecule has 5 nitrogen and oxygen atoms in total. The lowest BCUT2D eigenvalue weighted by Gasteiger charge is -2.10. The molecule has 0 aliphatic carbocycles. The molecule has 4 rings (SSSR count). The molecule has 28 heavy (non-hydrogen) atoms. The monoisotopic (exact) mass is 437 g/mol. The number of aryl methyl sites for hydroxylation is 1. The van der Waals surface area contributed by atoms with Crippen LogP contribution in [0.25, 0.3) is 16.9 Å². The van der Waals surface area contributed by atoms with E-state index in [-0.39, 0.29) is 0 Å².